The van der Waals surface area contributed by atoms with Crippen LogP contribution in [0.25, 0.3) is 16.6 Å². The van der Waals surface area contributed by atoms with Gasteiger partial charge in [-0.2, -0.15) is 0 Å². The van der Waals surface area contributed by atoms with E-state index in [1.807, 2.05) is 50.3 Å². The fourth-order valence-electron chi connectivity index (χ4n) is 3.71. The van der Waals surface area contributed by atoms with Gasteiger partial charge in [0.1, 0.15) is 11.6 Å². The zero-order chi connectivity index (χ0) is 25.7. The van der Waals surface area contributed by atoms with Gasteiger partial charge in [0, 0.05) is 18.2 Å². The van der Waals surface area contributed by atoms with Crippen molar-refractivity contribution in [2.45, 2.75) is 32.9 Å². The van der Waals surface area contributed by atoms with Gasteiger partial charge in [-0.25, -0.2) is 14.8 Å². The van der Waals surface area contributed by atoms with E-state index in [0.29, 0.717) is 16.3 Å². The highest BCUT2D eigenvalue weighted by Crippen LogP contribution is 2.26. The van der Waals surface area contributed by atoms with Crippen LogP contribution in [0.3, 0.4) is 0 Å². The van der Waals surface area contributed by atoms with Crippen molar-refractivity contribution >= 4 is 40.1 Å². The van der Waals surface area contributed by atoms with E-state index in [1.54, 1.807) is 12.1 Å². The number of nitrogens with one attached hydrogen (secondary N) is 3. The summed E-state index contributed by atoms with van der Waals surface area (Å²) in [7, 11) is 1.50. The average molecular weight is 506 g/mol. The van der Waals surface area contributed by atoms with Gasteiger partial charge in [0.25, 0.3) is 5.91 Å². The van der Waals surface area contributed by atoms with Crippen LogP contribution in [0.15, 0.2) is 66.8 Å². The Hall–Kier alpha value is -4.04. The molecule has 1 aliphatic carbocycles. The van der Waals surface area contributed by atoms with Gasteiger partial charge in [-0.05, 0) is 56.2 Å². The molecule has 3 aromatic rings. The summed E-state index contributed by atoms with van der Waals surface area (Å²) in [4.78, 5) is 33.5. The maximum Gasteiger partial charge on any atom is 0.336 e. The monoisotopic (exact) mass is 505 g/mol. The predicted molar refractivity (Wildman–Crippen MR) is 142 cm³/mol. The Morgan fingerprint density at radius 2 is 2.03 bits per heavy atom. The minimum atomic E-state index is -0.470. The van der Waals surface area contributed by atoms with E-state index in [2.05, 4.69) is 32.9 Å². The van der Waals surface area contributed by atoms with E-state index in [9.17, 15) is 9.59 Å². The smallest absolute Gasteiger partial charge is 0.336 e. The molecule has 0 aliphatic heterocycles. The molecule has 36 heavy (non-hydrogen) atoms. The first-order valence-corrected chi connectivity index (χ1v) is 12.0. The molecule has 0 fully saturated rings. The maximum absolute atomic E-state index is 12.9. The molecule has 3 amide bonds. The van der Waals surface area contributed by atoms with Gasteiger partial charge in [-0.15, -0.1) is 0 Å². The van der Waals surface area contributed by atoms with Crippen LogP contribution in [-0.4, -0.2) is 40.1 Å². The topological polar surface area (TPSA) is 99.4 Å². The SMILES string of the molecule is CNC(=O)N(Cc1ccc2nc(C3=CCC=CC=C3)[nH]c2c1)NC(=O)c1ccc(OC(C)C)c(Cl)c1. The Kier molecular flexibility index (Phi) is 7.75. The summed E-state index contributed by atoms with van der Waals surface area (Å²) >= 11 is 6.28. The molecule has 0 bridgehead atoms. The number of carbonyl (C=O) groups excluding carboxylic acids is 2. The highest BCUT2D eigenvalue weighted by molar-refractivity contribution is 6.32. The molecule has 0 spiro atoms. The minimum Gasteiger partial charge on any atom is -0.489 e. The number of nitrogens with zero attached hydrogens (tertiary/aromatic N) is 2. The normalized spacial score (nSPS) is 12.9. The third-order valence-electron chi connectivity index (χ3n) is 5.41. The Bertz CT molecular complexity index is 1370. The van der Waals surface area contributed by atoms with Crippen molar-refractivity contribution in [1.29, 1.82) is 0 Å². The lowest BCUT2D eigenvalue weighted by molar-refractivity contribution is 0.0819. The standard InChI is InChI=1S/C27H28ClN5O3/c1-17(2)36-24-13-11-20(15-21(24)28)26(34)32-33(27(35)29-3)16-18-10-12-22-23(14-18)31-25(30-22)19-8-6-4-5-7-9-19/h4-6,8-15,17H,7,16H2,1-3H3,(H,29,35)(H,30,31)(H,32,34). The molecule has 9 heteroatoms. The molecular weight excluding hydrogens is 478 g/mol. The van der Waals surface area contributed by atoms with E-state index >= 15 is 0 Å². The van der Waals surface area contributed by atoms with Gasteiger partial charge >= 0.3 is 6.03 Å². The number of rotatable bonds is 6. The van der Waals surface area contributed by atoms with Crippen LogP contribution in [-0.2, 0) is 6.54 Å². The van der Waals surface area contributed by atoms with E-state index in [0.717, 1.165) is 34.4 Å². The van der Waals surface area contributed by atoms with Crippen LogP contribution in [0.1, 0.15) is 42.0 Å². The van der Waals surface area contributed by atoms with Gasteiger partial charge in [0.2, 0.25) is 0 Å². The maximum atomic E-state index is 12.9. The summed E-state index contributed by atoms with van der Waals surface area (Å²) < 4.78 is 5.62. The van der Waals surface area contributed by atoms with Gasteiger partial charge in [0.05, 0.1) is 28.7 Å². The van der Waals surface area contributed by atoms with Crippen LogP contribution in [0, 0.1) is 0 Å². The number of fused-ring (bicyclic) bond motifs is 1. The van der Waals surface area contributed by atoms with Gasteiger partial charge in [0.15, 0.2) is 0 Å². The molecule has 4 rings (SSSR count). The van der Waals surface area contributed by atoms with Gasteiger partial charge < -0.3 is 15.0 Å². The summed E-state index contributed by atoms with van der Waals surface area (Å²) in [6, 6.07) is 9.99. The number of imidazole rings is 1. The number of urea groups is 1. The number of allylic oxidation sites excluding steroid dienone is 6. The van der Waals surface area contributed by atoms with Crippen molar-refractivity contribution in [3.05, 3.63) is 88.8 Å². The molecular formula is C27H28ClN5O3. The second-order valence-corrected chi connectivity index (χ2v) is 8.92. The molecule has 1 aromatic heterocycles. The molecule has 3 N–H and O–H groups in total. The largest absolute Gasteiger partial charge is 0.489 e. The molecule has 0 saturated heterocycles. The summed E-state index contributed by atoms with van der Waals surface area (Å²) in [6.45, 7) is 3.93. The number of aromatic amines is 1. The quantitative estimate of drug-likeness (QED) is 0.391. The van der Waals surface area contributed by atoms with E-state index < -0.39 is 11.9 Å². The molecule has 0 saturated carbocycles. The van der Waals surface area contributed by atoms with Crippen molar-refractivity contribution < 1.29 is 14.3 Å². The lowest BCUT2D eigenvalue weighted by atomic mass is 10.2. The molecule has 186 valence electrons. The van der Waals surface area contributed by atoms with Crippen LogP contribution in [0.4, 0.5) is 4.79 Å². The number of aromatic nitrogens is 2. The fraction of sp³-hybridized carbons (Fsp3) is 0.222. The Balaban J connectivity index is 1.52. The minimum absolute atomic E-state index is 0.0495. The van der Waals surface area contributed by atoms with Gasteiger partial charge in [-0.1, -0.05) is 48.0 Å². The highest BCUT2D eigenvalue weighted by Gasteiger charge is 2.19. The number of hydrazine groups is 1. The van der Waals surface area contributed by atoms with Crippen molar-refractivity contribution in [1.82, 2.24) is 25.7 Å². The molecule has 1 heterocycles. The van der Waals surface area contributed by atoms with E-state index in [4.69, 9.17) is 16.3 Å². The van der Waals surface area contributed by atoms with Crippen molar-refractivity contribution in [3.8, 4) is 5.75 Å². The molecule has 0 radical (unpaired) electrons. The lowest BCUT2D eigenvalue weighted by Crippen LogP contribution is -2.49. The summed E-state index contributed by atoms with van der Waals surface area (Å²) in [5.74, 6) is 0.799. The predicted octanol–water partition coefficient (Wildman–Crippen LogP) is 5.39. The average Bonchev–Trinajstić information content (AvgIpc) is 3.08. The molecule has 1 aliphatic rings. The zero-order valence-corrected chi connectivity index (χ0v) is 21.1. The molecule has 8 nitrogen and oxygen atoms in total. The van der Waals surface area contributed by atoms with Crippen LogP contribution >= 0.6 is 11.6 Å². The fourth-order valence-corrected chi connectivity index (χ4v) is 3.93. The third-order valence-corrected chi connectivity index (χ3v) is 5.70. The Labute approximate surface area is 214 Å². The number of hydrogen-bond acceptors (Lipinski definition) is 4. The Morgan fingerprint density at radius 1 is 1.19 bits per heavy atom. The third kappa shape index (κ3) is 5.95. The molecule has 0 atom stereocenters. The first kappa shape index (κ1) is 25.1. The molecule has 2 aromatic carbocycles. The van der Waals surface area contributed by atoms with Crippen LogP contribution in [0.2, 0.25) is 5.02 Å². The second-order valence-electron chi connectivity index (χ2n) is 8.51. The van der Waals surface area contributed by atoms with Crippen molar-refractivity contribution in [2.75, 3.05) is 7.05 Å². The van der Waals surface area contributed by atoms with Crippen LogP contribution in [0.5, 0.6) is 5.75 Å². The number of carbonyl (C=O) groups is 2. The number of H-pyrrole nitrogens is 1. The number of amides is 3. The van der Waals surface area contributed by atoms with Crippen molar-refractivity contribution in [3.63, 3.8) is 0 Å². The highest BCUT2D eigenvalue weighted by atomic mass is 35.5. The molecule has 0 unspecified atom stereocenters. The van der Waals surface area contributed by atoms with E-state index in [-0.39, 0.29) is 12.6 Å². The Morgan fingerprint density at radius 3 is 2.78 bits per heavy atom. The first-order valence-electron chi connectivity index (χ1n) is 11.6. The van der Waals surface area contributed by atoms with Crippen LogP contribution < -0.4 is 15.5 Å². The summed E-state index contributed by atoms with van der Waals surface area (Å²) in [6.07, 6.45) is 11.0. The van der Waals surface area contributed by atoms with E-state index in [1.165, 1.54) is 18.1 Å². The number of hydrogen-bond donors (Lipinski definition) is 3. The van der Waals surface area contributed by atoms with Crippen molar-refractivity contribution in [2.24, 2.45) is 0 Å². The zero-order valence-electron chi connectivity index (χ0n) is 20.3. The summed E-state index contributed by atoms with van der Waals surface area (Å²) in [5.41, 5.74) is 6.45. The number of benzene rings is 2. The second kappa shape index (κ2) is 11.1. The lowest BCUT2D eigenvalue weighted by Gasteiger charge is -2.23. The van der Waals surface area contributed by atoms with Gasteiger partial charge in [-0.3, -0.25) is 10.2 Å². The number of halogens is 1. The summed E-state index contributed by atoms with van der Waals surface area (Å²) in [5, 5.41) is 4.09. The first-order chi connectivity index (χ1) is 17.3. The number of ether oxygens (including phenoxy) is 1.